The third-order valence-corrected chi connectivity index (χ3v) is 4.48. The molecule has 0 saturated carbocycles. The van der Waals surface area contributed by atoms with Gasteiger partial charge in [0.15, 0.2) is 0 Å². The summed E-state index contributed by atoms with van der Waals surface area (Å²) in [6.45, 7) is 0.854. The lowest BCUT2D eigenvalue weighted by atomic mass is 10.00. The molecule has 3 aromatic rings. The molecule has 0 saturated heterocycles. The number of benzene rings is 3. The highest BCUT2D eigenvalue weighted by Gasteiger charge is 2.10. The highest BCUT2D eigenvalue weighted by atomic mass is 79.9. The Morgan fingerprint density at radius 1 is 0.913 bits per heavy atom. The van der Waals surface area contributed by atoms with E-state index in [0.29, 0.717) is 19.6 Å². The van der Waals surface area contributed by atoms with Crippen LogP contribution in [-0.2, 0) is 17.8 Å². The maximum atomic E-state index is 10.3. The van der Waals surface area contributed by atoms with Gasteiger partial charge in [0.25, 0.3) is 0 Å². The largest absolute Gasteiger partial charge is 0.390 e. The molecule has 0 radical (unpaired) electrons. The predicted molar refractivity (Wildman–Crippen MR) is 97.5 cm³/mol. The fourth-order valence-corrected chi connectivity index (χ4v) is 3.38. The first-order chi connectivity index (χ1) is 11.2. The monoisotopic (exact) mass is 370 g/mol. The second kappa shape index (κ2) is 7.73. The van der Waals surface area contributed by atoms with Crippen LogP contribution >= 0.6 is 15.9 Å². The summed E-state index contributed by atoms with van der Waals surface area (Å²) in [4.78, 5) is 0. The Labute approximate surface area is 144 Å². The second-order valence-corrected chi connectivity index (χ2v) is 6.47. The number of aliphatic hydroxyl groups excluding tert-OH is 1. The number of aliphatic hydroxyl groups is 1. The van der Waals surface area contributed by atoms with Gasteiger partial charge in [-0.2, -0.15) is 0 Å². The first kappa shape index (κ1) is 16.2. The number of ether oxygens (including phenoxy) is 1. The summed E-state index contributed by atoms with van der Waals surface area (Å²) in [7, 11) is 0. The van der Waals surface area contributed by atoms with E-state index in [9.17, 15) is 5.11 Å². The smallest absolute Gasteiger partial charge is 0.0814 e. The van der Waals surface area contributed by atoms with Crippen molar-refractivity contribution in [3.05, 3.63) is 82.3 Å². The van der Waals surface area contributed by atoms with Crippen molar-refractivity contribution < 1.29 is 9.84 Å². The van der Waals surface area contributed by atoms with Crippen LogP contribution in [0.1, 0.15) is 11.1 Å². The zero-order chi connectivity index (χ0) is 16.1. The molecule has 3 heteroatoms. The van der Waals surface area contributed by atoms with Crippen molar-refractivity contribution in [2.45, 2.75) is 19.1 Å². The fraction of sp³-hybridized carbons (Fsp3) is 0.200. The minimum Gasteiger partial charge on any atom is -0.390 e. The Kier molecular flexibility index (Phi) is 5.44. The van der Waals surface area contributed by atoms with Gasteiger partial charge in [0.2, 0.25) is 0 Å². The van der Waals surface area contributed by atoms with Crippen molar-refractivity contribution in [1.29, 1.82) is 0 Å². The number of halogens is 1. The normalized spacial score (nSPS) is 12.4. The number of hydrogen-bond acceptors (Lipinski definition) is 2. The van der Waals surface area contributed by atoms with Crippen LogP contribution in [0, 0.1) is 0 Å². The lowest BCUT2D eigenvalue weighted by Crippen LogP contribution is -2.18. The summed E-state index contributed by atoms with van der Waals surface area (Å²) >= 11 is 3.61. The Hall–Kier alpha value is -1.68. The minimum atomic E-state index is -0.517. The predicted octanol–water partition coefficient (Wildman–Crippen LogP) is 4.72. The molecular weight excluding hydrogens is 352 g/mol. The van der Waals surface area contributed by atoms with Crippen LogP contribution in [0.4, 0.5) is 0 Å². The summed E-state index contributed by atoms with van der Waals surface area (Å²) in [6, 6.07) is 22.3. The van der Waals surface area contributed by atoms with Gasteiger partial charge in [-0.05, 0) is 28.0 Å². The standard InChI is InChI=1S/C20H19BrO2/c21-19-11-5-9-16-8-4-10-17(20(16)19)12-18(22)14-23-13-15-6-2-1-3-7-15/h1-11,18,22H,12-14H2. The molecule has 1 N–H and O–H groups in total. The molecule has 1 unspecified atom stereocenters. The van der Waals surface area contributed by atoms with Crippen LogP contribution in [0.3, 0.4) is 0 Å². The highest BCUT2D eigenvalue weighted by Crippen LogP contribution is 2.28. The topological polar surface area (TPSA) is 29.5 Å². The molecule has 2 nitrogen and oxygen atoms in total. The molecule has 23 heavy (non-hydrogen) atoms. The van der Waals surface area contributed by atoms with E-state index in [-0.39, 0.29) is 0 Å². The Morgan fingerprint density at radius 3 is 2.43 bits per heavy atom. The molecule has 0 aromatic heterocycles. The molecular formula is C20H19BrO2. The number of hydrogen-bond donors (Lipinski definition) is 1. The molecule has 0 heterocycles. The van der Waals surface area contributed by atoms with Gasteiger partial charge in [-0.25, -0.2) is 0 Å². The van der Waals surface area contributed by atoms with Gasteiger partial charge in [0.1, 0.15) is 0 Å². The van der Waals surface area contributed by atoms with E-state index in [1.807, 2.05) is 48.5 Å². The molecule has 3 aromatic carbocycles. The zero-order valence-corrected chi connectivity index (χ0v) is 14.4. The van der Waals surface area contributed by atoms with Crippen molar-refractivity contribution in [3.63, 3.8) is 0 Å². The van der Waals surface area contributed by atoms with Gasteiger partial charge in [-0.3, -0.25) is 0 Å². The minimum absolute atomic E-state index is 0.329. The van der Waals surface area contributed by atoms with Crippen LogP contribution in [0.2, 0.25) is 0 Å². The van der Waals surface area contributed by atoms with E-state index in [1.54, 1.807) is 0 Å². The van der Waals surface area contributed by atoms with Gasteiger partial charge in [-0.1, -0.05) is 76.6 Å². The third-order valence-electron chi connectivity index (χ3n) is 3.82. The fourth-order valence-electron chi connectivity index (χ4n) is 2.74. The van der Waals surface area contributed by atoms with Crippen molar-refractivity contribution >= 4 is 26.7 Å². The first-order valence-electron chi connectivity index (χ1n) is 7.70. The van der Waals surface area contributed by atoms with Crippen LogP contribution in [0.15, 0.2) is 71.2 Å². The van der Waals surface area contributed by atoms with Gasteiger partial charge < -0.3 is 9.84 Å². The SMILES string of the molecule is OC(COCc1ccccc1)Cc1cccc2cccc(Br)c12. The zero-order valence-electron chi connectivity index (χ0n) is 12.8. The van der Waals surface area contributed by atoms with Gasteiger partial charge >= 0.3 is 0 Å². The summed E-state index contributed by atoms with van der Waals surface area (Å²) < 4.78 is 6.69. The molecule has 118 valence electrons. The van der Waals surface area contributed by atoms with E-state index >= 15 is 0 Å². The maximum absolute atomic E-state index is 10.3. The van der Waals surface area contributed by atoms with Crippen LogP contribution in [-0.4, -0.2) is 17.8 Å². The Balaban J connectivity index is 1.63. The number of fused-ring (bicyclic) bond motifs is 1. The van der Waals surface area contributed by atoms with Crippen LogP contribution < -0.4 is 0 Å². The summed E-state index contributed by atoms with van der Waals surface area (Å²) in [5.41, 5.74) is 2.25. The molecule has 0 spiro atoms. The van der Waals surface area contributed by atoms with Crippen molar-refractivity contribution in [2.75, 3.05) is 6.61 Å². The molecule has 3 rings (SSSR count). The maximum Gasteiger partial charge on any atom is 0.0814 e. The summed E-state index contributed by atoms with van der Waals surface area (Å²) in [5.74, 6) is 0. The van der Waals surface area contributed by atoms with Crippen molar-refractivity contribution in [1.82, 2.24) is 0 Å². The molecule has 0 aliphatic rings. The van der Waals surface area contributed by atoms with Crippen LogP contribution in [0.5, 0.6) is 0 Å². The first-order valence-corrected chi connectivity index (χ1v) is 8.49. The van der Waals surface area contributed by atoms with Crippen LogP contribution in [0.25, 0.3) is 10.8 Å². The van der Waals surface area contributed by atoms with E-state index in [4.69, 9.17) is 4.74 Å². The Morgan fingerprint density at radius 2 is 1.65 bits per heavy atom. The average Bonchev–Trinajstić information content (AvgIpc) is 2.56. The molecule has 0 aliphatic carbocycles. The average molecular weight is 371 g/mol. The van der Waals surface area contributed by atoms with Crippen molar-refractivity contribution in [3.8, 4) is 0 Å². The lowest BCUT2D eigenvalue weighted by Gasteiger charge is -2.14. The molecule has 0 fully saturated rings. The van der Waals surface area contributed by atoms with E-state index in [1.165, 1.54) is 5.39 Å². The molecule has 0 amide bonds. The van der Waals surface area contributed by atoms with E-state index in [2.05, 4.69) is 34.1 Å². The lowest BCUT2D eigenvalue weighted by molar-refractivity contribution is 0.0290. The quantitative estimate of drug-likeness (QED) is 0.679. The van der Waals surface area contributed by atoms with Crippen molar-refractivity contribution in [2.24, 2.45) is 0 Å². The molecule has 1 atom stereocenters. The summed E-state index contributed by atoms with van der Waals surface area (Å²) in [5, 5.41) is 12.6. The molecule has 0 aliphatic heterocycles. The van der Waals surface area contributed by atoms with E-state index in [0.717, 1.165) is 21.0 Å². The summed E-state index contributed by atoms with van der Waals surface area (Å²) in [6.07, 6.45) is 0.0609. The third kappa shape index (κ3) is 4.20. The van der Waals surface area contributed by atoms with Gasteiger partial charge in [-0.15, -0.1) is 0 Å². The highest BCUT2D eigenvalue weighted by molar-refractivity contribution is 9.10. The van der Waals surface area contributed by atoms with Gasteiger partial charge in [0, 0.05) is 10.9 Å². The second-order valence-electron chi connectivity index (χ2n) is 5.61. The Bertz CT molecular complexity index is 766. The van der Waals surface area contributed by atoms with Gasteiger partial charge in [0.05, 0.1) is 19.3 Å². The van der Waals surface area contributed by atoms with E-state index < -0.39 is 6.10 Å². The number of rotatable bonds is 6. The molecule has 0 bridgehead atoms.